The highest BCUT2D eigenvalue weighted by Crippen LogP contribution is 2.20. The van der Waals surface area contributed by atoms with E-state index >= 15 is 0 Å². The third-order valence-corrected chi connectivity index (χ3v) is 5.43. The Morgan fingerprint density at radius 2 is 1.87 bits per heavy atom. The highest BCUT2D eigenvalue weighted by Gasteiger charge is 2.20. The number of benzene rings is 2. The van der Waals surface area contributed by atoms with Gasteiger partial charge in [-0.15, -0.1) is 0 Å². The number of aromatic nitrogens is 2. The minimum atomic E-state index is -0.379. The van der Waals surface area contributed by atoms with Crippen molar-refractivity contribution in [3.63, 3.8) is 0 Å². The maximum absolute atomic E-state index is 12.2. The van der Waals surface area contributed by atoms with E-state index in [9.17, 15) is 4.79 Å². The molecule has 0 unspecified atom stereocenters. The van der Waals surface area contributed by atoms with Crippen LogP contribution >= 0.6 is 0 Å². The van der Waals surface area contributed by atoms with Gasteiger partial charge in [-0.25, -0.2) is 4.98 Å². The number of para-hydroxylation sites is 2. The first-order valence-corrected chi connectivity index (χ1v) is 11.2. The van der Waals surface area contributed by atoms with Gasteiger partial charge in [0.1, 0.15) is 11.6 Å². The molecule has 0 aliphatic heterocycles. The van der Waals surface area contributed by atoms with Crippen molar-refractivity contribution in [1.82, 2.24) is 14.9 Å². The Hall–Kier alpha value is -2.82. The largest absolute Gasteiger partial charge is 0.493 e. The quantitative estimate of drug-likeness (QED) is 0.482. The minimum absolute atomic E-state index is 0.0683. The van der Waals surface area contributed by atoms with Gasteiger partial charge in [0.05, 0.1) is 17.6 Å². The number of nitrogens with one attached hydrogen (secondary N) is 1. The fourth-order valence-electron chi connectivity index (χ4n) is 3.54. The lowest BCUT2D eigenvalue weighted by atomic mass is 9.96. The van der Waals surface area contributed by atoms with Gasteiger partial charge in [0.25, 0.3) is 0 Å². The van der Waals surface area contributed by atoms with E-state index in [2.05, 4.69) is 54.1 Å². The topological polar surface area (TPSA) is 56.1 Å². The highest BCUT2D eigenvalue weighted by molar-refractivity contribution is 5.81. The maximum atomic E-state index is 12.2. The van der Waals surface area contributed by atoms with Crippen molar-refractivity contribution in [3.8, 4) is 5.75 Å². The number of fused-ring (bicyclic) bond motifs is 1. The van der Waals surface area contributed by atoms with Gasteiger partial charge in [0.15, 0.2) is 0 Å². The molecule has 0 aliphatic rings. The fraction of sp³-hybridized carbons (Fsp3) is 0.462. The Kier molecular flexibility index (Phi) is 7.37. The molecular formula is C26H35N3O2. The van der Waals surface area contributed by atoms with E-state index in [0.717, 1.165) is 48.4 Å². The normalized spacial score (nSPS) is 11.6. The molecule has 1 amide bonds. The second kappa shape index (κ2) is 9.99. The highest BCUT2D eigenvalue weighted by atomic mass is 16.5. The summed E-state index contributed by atoms with van der Waals surface area (Å²) < 4.78 is 8.29. The van der Waals surface area contributed by atoms with Crippen LogP contribution in [-0.2, 0) is 17.8 Å². The van der Waals surface area contributed by atoms with Gasteiger partial charge in [-0.3, -0.25) is 4.79 Å². The molecule has 0 saturated carbocycles. The number of carbonyl (C=O) groups is 1. The molecule has 0 aliphatic carbocycles. The second-order valence-corrected chi connectivity index (χ2v) is 9.25. The summed E-state index contributed by atoms with van der Waals surface area (Å²) in [7, 11) is 0. The SMILES string of the molecule is Cc1ccc(C)c(OCCCCn2c(CCNC(=O)C(C)(C)C)nc3ccccc32)c1. The minimum Gasteiger partial charge on any atom is -0.493 e. The van der Waals surface area contributed by atoms with Crippen molar-refractivity contribution >= 4 is 16.9 Å². The summed E-state index contributed by atoms with van der Waals surface area (Å²) in [5.41, 5.74) is 4.16. The Bertz CT molecular complexity index is 1030. The average Bonchev–Trinajstić information content (AvgIpc) is 3.07. The van der Waals surface area contributed by atoms with Crippen LogP contribution in [-0.4, -0.2) is 28.6 Å². The zero-order valence-electron chi connectivity index (χ0n) is 19.5. The number of imidazole rings is 1. The molecule has 5 heteroatoms. The summed E-state index contributed by atoms with van der Waals surface area (Å²) in [5, 5.41) is 3.03. The number of hydrogen-bond acceptors (Lipinski definition) is 3. The predicted molar refractivity (Wildman–Crippen MR) is 127 cm³/mol. The van der Waals surface area contributed by atoms with E-state index in [-0.39, 0.29) is 11.3 Å². The summed E-state index contributed by atoms with van der Waals surface area (Å²) in [6.07, 6.45) is 2.70. The van der Waals surface area contributed by atoms with Crippen LogP contribution < -0.4 is 10.1 Å². The molecule has 1 aromatic heterocycles. The number of aryl methyl sites for hydroxylation is 3. The van der Waals surface area contributed by atoms with Crippen LogP contribution in [0.2, 0.25) is 0 Å². The van der Waals surface area contributed by atoms with Crippen molar-refractivity contribution in [2.24, 2.45) is 5.41 Å². The molecule has 1 heterocycles. The number of carbonyl (C=O) groups excluding carboxylic acids is 1. The number of ether oxygens (including phenoxy) is 1. The zero-order chi connectivity index (χ0) is 22.4. The molecule has 31 heavy (non-hydrogen) atoms. The number of amides is 1. The van der Waals surface area contributed by atoms with Crippen LogP contribution in [0.1, 0.15) is 50.6 Å². The predicted octanol–water partition coefficient (Wildman–Crippen LogP) is 5.22. The van der Waals surface area contributed by atoms with E-state index in [1.165, 1.54) is 11.1 Å². The van der Waals surface area contributed by atoms with Gasteiger partial charge in [-0.05, 0) is 56.0 Å². The molecule has 0 fully saturated rings. The van der Waals surface area contributed by atoms with E-state index in [1.54, 1.807) is 0 Å². The fourth-order valence-corrected chi connectivity index (χ4v) is 3.54. The van der Waals surface area contributed by atoms with Gasteiger partial charge in [-0.2, -0.15) is 0 Å². The van der Waals surface area contributed by atoms with Gasteiger partial charge in [-0.1, -0.05) is 45.0 Å². The van der Waals surface area contributed by atoms with Crippen molar-refractivity contribution in [2.75, 3.05) is 13.2 Å². The molecule has 2 aromatic carbocycles. The van der Waals surface area contributed by atoms with E-state index < -0.39 is 0 Å². The van der Waals surface area contributed by atoms with Crippen molar-refractivity contribution in [1.29, 1.82) is 0 Å². The van der Waals surface area contributed by atoms with Crippen LogP contribution in [0.25, 0.3) is 11.0 Å². The summed E-state index contributed by atoms with van der Waals surface area (Å²) in [6, 6.07) is 14.5. The lowest BCUT2D eigenvalue weighted by Crippen LogP contribution is -2.36. The number of nitrogens with zero attached hydrogens (tertiary/aromatic N) is 2. The van der Waals surface area contributed by atoms with Crippen LogP contribution in [0.4, 0.5) is 0 Å². The van der Waals surface area contributed by atoms with Crippen LogP contribution in [0.15, 0.2) is 42.5 Å². The zero-order valence-corrected chi connectivity index (χ0v) is 19.5. The number of unbranched alkanes of at least 4 members (excludes halogenated alkanes) is 1. The smallest absolute Gasteiger partial charge is 0.225 e. The third-order valence-electron chi connectivity index (χ3n) is 5.43. The van der Waals surface area contributed by atoms with Crippen molar-refractivity contribution < 1.29 is 9.53 Å². The lowest BCUT2D eigenvalue weighted by molar-refractivity contribution is -0.128. The molecule has 0 bridgehead atoms. The summed E-state index contributed by atoms with van der Waals surface area (Å²) in [5.74, 6) is 2.06. The van der Waals surface area contributed by atoms with Crippen LogP contribution in [0.3, 0.4) is 0 Å². The molecular weight excluding hydrogens is 386 g/mol. The van der Waals surface area contributed by atoms with Gasteiger partial charge < -0.3 is 14.6 Å². The number of hydrogen-bond donors (Lipinski definition) is 1. The van der Waals surface area contributed by atoms with Gasteiger partial charge in [0.2, 0.25) is 5.91 Å². The first-order valence-electron chi connectivity index (χ1n) is 11.2. The van der Waals surface area contributed by atoms with Gasteiger partial charge >= 0.3 is 0 Å². The average molecular weight is 422 g/mol. The van der Waals surface area contributed by atoms with Crippen molar-refractivity contribution in [2.45, 2.75) is 60.4 Å². The summed E-state index contributed by atoms with van der Waals surface area (Å²) >= 11 is 0. The molecule has 0 radical (unpaired) electrons. The maximum Gasteiger partial charge on any atom is 0.225 e. The number of rotatable bonds is 9. The third kappa shape index (κ3) is 6.09. The molecule has 3 rings (SSSR count). The van der Waals surface area contributed by atoms with Crippen LogP contribution in [0.5, 0.6) is 5.75 Å². The van der Waals surface area contributed by atoms with E-state index in [0.29, 0.717) is 13.2 Å². The molecule has 0 spiro atoms. The Morgan fingerprint density at radius 3 is 2.65 bits per heavy atom. The molecule has 1 N–H and O–H groups in total. The lowest BCUT2D eigenvalue weighted by Gasteiger charge is -2.17. The van der Waals surface area contributed by atoms with E-state index in [4.69, 9.17) is 9.72 Å². The monoisotopic (exact) mass is 421 g/mol. The van der Waals surface area contributed by atoms with Gasteiger partial charge in [0, 0.05) is 24.9 Å². The molecule has 5 nitrogen and oxygen atoms in total. The Balaban J connectivity index is 1.58. The summed E-state index contributed by atoms with van der Waals surface area (Å²) in [4.78, 5) is 17.0. The second-order valence-electron chi connectivity index (χ2n) is 9.25. The molecule has 0 saturated heterocycles. The molecule has 0 atom stereocenters. The van der Waals surface area contributed by atoms with E-state index in [1.807, 2.05) is 32.9 Å². The Morgan fingerprint density at radius 1 is 1.10 bits per heavy atom. The molecule has 166 valence electrons. The van der Waals surface area contributed by atoms with Crippen molar-refractivity contribution in [3.05, 3.63) is 59.4 Å². The first kappa shape index (κ1) is 22.9. The molecule has 3 aromatic rings. The Labute approximate surface area is 185 Å². The van der Waals surface area contributed by atoms with Crippen LogP contribution in [0, 0.1) is 19.3 Å². The standard InChI is InChI=1S/C26H35N3O2/c1-19-12-13-20(2)23(18-19)31-17-9-8-16-29-22-11-7-6-10-21(22)28-24(29)14-15-27-25(30)26(3,4)5/h6-7,10-13,18H,8-9,14-17H2,1-5H3,(H,27,30). The first-order chi connectivity index (χ1) is 14.8. The summed E-state index contributed by atoms with van der Waals surface area (Å²) in [6.45, 7) is 12.1.